The number of hydrogen-bond donors (Lipinski definition) is 2. The van der Waals surface area contributed by atoms with E-state index in [0.717, 1.165) is 11.1 Å². The minimum Gasteiger partial charge on any atom is -0.444 e. The number of alkyl carbamates (subject to hydrolysis) is 1. The zero-order chi connectivity index (χ0) is 23.7. The number of carbonyl (C=O) groups is 3. The molecule has 2 aromatic carbocycles. The van der Waals surface area contributed by atoms with E-state index in [0.29, 0.717) is 12.1 Å². The van der Waals surface area contributed by atoms with Gasteiger partial charge < -0.3 is 20.3 Å². The average molecular weight is 438 g/mol. The lowest BCUT2D eigenvalue weighted by molar-refractivity contribution is -0.138. The van der Waals surface area contributed by atoms with Crippen LogP contribution in [0.2, 0.25) is 0 Å². The van der Waals surface area contributed by atoms with Gasteiger partial charge in [0, 0.05) is 13.6 Å². The maximum atomic E-state index is 13.1. The third-order valence-corrected chi connectivity index (χ3v) is 4.58. The van der Waals surface area contributed by atoms with Crippen LogP contribution in [0, 0.1) is 0 Å². The van der Waals surface area contributed by atoms with Crippen molar-refractivity contribution in [2.24, 2.45) is 0 Å². The second-order valence-corrected chi connectivity index (χ2v) is 8.34. The maximum Gasteiger partial charge on any atom is 0.408 e. The molecule has 7 nitrogen and oxygen atoms in total. The summed E-state index contributed by atoms with van der Waals surface area (Å²) in [5.41, 5.74) is 1.74. The van der Waals surface area contributed by atoms with Gasteiger partial charge in [-0.2, -0.15) is 0 Å². The molecule has 0 aromatic heterocycles. The van der Waals surface area contributed by atoms with E-state index in [9.17, 15) is 14.4 Å². The van der Waals surface area contributed by atoms with Crippen LogP contribution < -0.4 is 10.6 Å². The first-order chi connectivity index (χ1) is 15.1. The molecule has 3 amide bonds. The van der Waals surface area contributed by atoms with Crippen LogP contribution in [0.15, 0.2) is 61.2 Å². The van der Waals surface area contributed by atoms with Crippen LogP contribution in [-0.4, -0.2) is 42.0 Å². The summed E-state index contributed by atoms with van der Waals surface area (Å²) in [6.45, 7) is 9.01. The molecule has 1 atom stereocenters. The predicted octanol–water partition coefficient (Wildman–Crippen LogP) is 3.67. The number of nitrogens with one attached hydrogen (secondary N) is 2. The van der Waals surface area contributed by atoms with Gasteiger partial charge in [-0.1, -0.05) is 61.2 Å². The molecule has 0 saturated carbocycles. The van der Waals surface area contributed by atoms with Crippen molar-refractivity contribution in [1.82, 2.24) is 15.5 Å². The summed E-state index contributed by atoms with van der Waals surface area (Å²) in [5, 5.41) is 5.34. The number of nitrogens with zero attached hydrogens (tertiary/aromatic N) is 1. The first-order valence-electron chi connectivity index (χ1n) is 10.4. The minimum absolute atomic E-state index is 0.297. The van der Waals surface area contributed by atoms with Crippen molar-refractivity contribution < 1.29 is 19.1 Å². The fourth-order valence-electron chi connectivity index (χ4n) is 3.02. The number of carbonyl (C=O) groups excluding carboxylic acids is 3. The highest BCUT2D eigenvalue weighted by atomic mass is 16.6. The number of amides is 3. The van der Waals surface area contributed by atoms with Crippen molar-refractivity contribution in [2.45, 2.75) is 39.0 Å². The van der Waals surface area contributed by atoms with E-state index in [-0.39, 0.29) is 12.5 Å². The number of ether oxygens (including phenoxy) is 1. The fraction of sp³-hybridized carbons (Fsp3) is 0.320. The van der Waals surface area contributed by atoms with Gasteiger partial charge in [0.2, 0.25) is 11.8 Å². The Morgan fingerprint density at radius 2 is 1.75 bits per heavy atom. The smallest absolute Gasteiger partial charge is 0.408 e. The third kappa shape index (κ3) is 7.58. The molecule has 7 heteroatoms. The monoisotopic (exact) mass is 437 g/mol. The van der Waals surface area contributed by atoms with Crippen molar-refractivity contribution in [2.75, 3.05) is 13.6 Å². The van der Waals surface area contributed by atoms with Gasteiger partial charge in [-0.3, -0.25) is 9.59 Å². The maximum absolute atomic E-state index is 13.1. The van der Waals surface area contributed by atoms with Gasteiger partial charge in [-0.25, -0.2) is 4.79 Å². The summed E-state index contributed by atoms with van der Waals surface area (Å²) in [6.07, 6.45) is 0.979. The molecule has 0 saturated heterocycles. The number of rotatable bonds is 8. The molecule has 2 rings (SSSR count). The van der Waals surface area contributed by atoms with Crippen LogP contribution in [0.1, 0.15) is 43.5 Å². The van der Waals surface area contributed by atoms with Gasteiger partial charge in [0.05, 0.1) is 0 Å². The van der Waals surface area contributed by atoms with Crippen molar-refractivity contribution in [1.29, 1.82) is 0 Å². The molecule has 0 radical (unpaired) electrons. The van der Waals surface area contributed by atoms with E-state index in [2.05, 4.69) is 17.2 Å². The Balaban J connectivity index is 2.17. The lowest BCUT2D eigenvalue weighted by Crippen LogP contribution is -2.46. The number of hydrogen-bond acceptors (Lipinski definition) is 4. The Bertz CT molecular complexity index is 951. The van der Waals surface area contributed by atoms with Crippen LogP contribution in [0.25, 0.3) is 6.08 Å². The summed E-state index contributed by atoms with van der Waals surface area (Å²) in [5.74, 6) is -0.761. The number of benzene rings is 2. The first-order valence-corrected chi connectivity index (χ1v) is 10.4. The highest BCUT2D eigenvalue weighted by Gasteiger charge is 2.29. The highest BCUT2D eigenvalue weighted by molar-refractivity contribution is 5.90. The van der Waals surface area contributed by atoms with Crippen molar-refractivity contribution in [3.63, 3.8) is 0 Å². The van der Waals surface area contributed by atoms with Crippen LogP contribution in [0.4, 0.5) is 4.79 Å². The van der Waals surface area contributed by atoms with Gasteiger partial charge >= 0.3 is 6.09 Å². The second kappa shape index (κ2) is 11.1. The van der Waals surface area contributed by atoms with E-state index in [1.807, 2.05) is 42.5 Å². The molecule has 0 spiro atoms. The molecular weight excluding hydrogens is 406 g/mol. The topological polar surface area (TPSA) is 87.7 Å². The average Bonchev–Trinajstić information content (AvgIpc) is 2.75. The standard InChI is InChI=1S/C25H31N3O4/c1-6-18-13-10-14-20(15-18)22(23(30)26-16-19-11-8-7-9-12-19)28(5)21(29)17-27-24(31)32-25(2,3)4/h6-15,22H,1,16-17H2,2-5H3,(H,26,30)(H,27,31). The van der Waals surface area contributed by atoms with Gasteiger partial charge in [-0.05, 0) is 43.5 Å². The minimum atomic E-state index is -0.883. The van der Waals surface area contributed by atoms with Crippen LogP contribution >= 0.6 is 0 Å². The Morgan fingerprint density at radius 3 is 2.38 bits per heavy atom. The molecule has 1 unspecified atom stereocenters. The first kappa shape index (κ1) is 24.7. The van der Waals surface area contributed by atoms with E-state index in [1.54, 1.807) is 39.0 Å². The summed E-state index contributed by atoms with van der Waals surface area (Å²) < 4.78 is 5.17. The van der Waals surface area contributed by atoms with Crippen LogP contribution in [-0.2, 0) is 20.9 Å². The molecule has 2 aromatic rings. The Morgan fingerprint density at radius 1 is 1.06 bits per heavy atom. The van der Waals surface area contributed by atoms with Gasteiger partial charge in [0.25, 0.3) is 0 Å². The number of likely N-dealkylation sites (N-methyl/N-ethyl adjacent to an activating group) is 1. The Hall–Kier alpha value is -3.61. The molecule has 0 fully saturated rings. The molecule has 0 bridgehead atoms. The van der Waals surface area contributed by atoms with E-state index < -0.39 is 23.6 Å². The summed E-state index contributed by atoms with van der Waals surface area (Å²) >= 11 is 0. The van der Waals surface area contributed by atoms with Gasteiger partial charge in [-0.15, -0.1) is 0 Å². The predicted molar refractivity (Wildman–Crippen MR) is 125 cm³/mol. The van der Waals surface area contributed by atoms with E-state index >= 15 is 0 Å². The van der Waals surface area contributed by atoms with Crippen LogP contribution in [0.5, 0.6) is 0 Å². The second-order valence-electron chi connectivity index (χ2n) is 8.34. The molecule has 0 aliphatic rings. The van der Waals surface area contributed by atoms with Gasteiger partial charge in [0.1, 0.15) is 18.2 Å². The SMILES string of the molecule is C=Cc1cccc(C(C(=O)NCc2ccccc2)N(C)C(=O)CNC(=O)OC(C)(C)C)c1. The quantitative estimate of drug-likeness (QED) is 0.660. The molecule has 0 aliphatic carbocycles. The normalized spacial score (nSPS) is 11.8. The third-order valence-electron chi connectivity index (χ3n) is 4.58. The molecule has 2 N–H and O–H groups in total. The lowest BCUT2D eigenvalue weighted by Gasteiger charge is -2.28. The Labute approximate surface area is 189 Å². The van der Waals surface area contributed by atoms with Crippen LogP contribution in [0.3, 0.4) is 0 Å². The van der Waals surface area contributed by atoms with E-state index in [4.69, 9.17) is 4.74 Å². The lowest BCUT2D eigenvalue weighted by atomic mass is 10.0. The summed E-state index contributed by atoms with van der Waals surface area (Å²) in [6, 6.07) is 15.9. The fourth-order valence-corrected chi connectivity index (χ4v) is 3.02. The van der Waals surface area contributed by atoms with Crippen molar-refractivity contribution in [3.8, 4) is 0 Å². The zero-order valence-corrected chi connectivity index (χ0v) is 19.1. The van der Waals surface area contributed by atoms with Crippen molar-refractivity contribution >= 4 is 24.0 Å². The van der Waals surface area contributed by atoms with E-state index in [1.165, 1.54) is 11.9 Å². The van der Waals surface area contributed by atoms with Gasteiger partial charge in [0.15, 0.2) is 0 Å². The molecular formula is C25H31N3O4. The molecule has 170 valence electrons. The molecule has 0 aliphatic heterocycles. The summed E-state index contributed by atoms with van der Waals surface area (Å²) in [7, 11) is 1.53. The molecule has 0 heterocycles. The zero-order valence-electron chi connectivity index (χ0n) is 19.1. The Kier molecular flexibility index (Phi) is 8.58. The van der Waals surface area contributed by atoms with Crippen molar-refractivity contribution in [3.05, 3.63) is 77.9 Å². The highest BCUT2D eigenvalue weighted by Crippen LogP contribution is 2.22. The largest absolute Gasteiger partial charge is 0.444 e. The molecule has 32 heavy (non-hydrogen) atoms. The summed E-state index contributed by atoms with van der Waals surface area (Å²) in [4.78, 5) is 39.2.